The summed E-state index contributed by atoms with van der Waals surface area (Å²) in [6.45, 7) is 0. The number of nitrogens with zero attached hydrogens (tertiary/aromatic N) is 4. The molecule has 0 amide bonds. The molecule has 0 bridgehead atoms. The van der Waals surface area contributed by atoms with Gasteiger partial charge in [0.15, 0.2) is 0 Å². The SMILES string of the molecule is Cn1cnc2cc(-c3cnc(C#N)[nH]3)ccc21. The molecule has 0 radical (unpaired) electrons. The van der Waals surface area contributed by atoms with E-state index < -0.39 is 0 Å². The van der Waals surface area contributed by atoms with E-state index in [0.29, 0.717) is 5.82 Å². The van der Waals surface area contributed by atoms with E-state index in [1.165, 1.54) is 0 Å². The summed E-state index contributed by atoms with van der Waals surface area (Å²) in [6.07, 6.45) is 3.44. The zero-order valence-electron chi connectivity index (χ0n) is 9.18. The summed E-state index contributed by atoms with van der Waals surface area (Å²) < 4.78 is 1.97. The molecule has 1 N–H and O–H groups in total. The van der Waals surface area contributed by atoms with Crippen LogP contribution in [0.4, 0.5) is 0 Å². The van der Waals surface area contributed by atoms with Gasteiger partial charge in [-0.25, -0.2) is 9.97 Å². The van der Waals surface area contributed by atoms with Gasteiger partial charge in [0.1, 0.15) is 6.07 Å². The Morgan fingerprint density at radius 2 is 2.24 bits per heavy atom. The molecule has 2 aromatic heterocycles. The molecule has 0 saturated heterocycles. The third kappa shape index (κ3) is 1.47. The topological polar surface area (TPSA) is 70.3 Å². The van der Waals surface area contributed by atoms with Crippen LogP contribution in [0.1, 0.15) is 5.82 Å². The molecule has 17 heavy (non-hydrogen) atoms. The van der Waals surface area contributed by atoms with E-state index in [-0.39, 0.29) is 0 Å². The lowest BCUT2D eigenvalue weighted by Gasteiger charge is -1.98. The minimum atomic E-state index is 0.320. The van der Waals surface area contributed by atoms with E-state index in [1.54, 1.807) is 12.5 Å². The Morgan fingerprint density at radius 1 is 1.35 bits per heavy atom. The second kappa shape index (κ2) is 3.46. The molecule has 3 aromatic rings. The van der Waals surface area contributed by atoms with Crippen molar-refractivity contribution >= 4 is 11.0 Å². The van der Waals surface area contributed by atoms with Gasteiger partial charge >= 0.3 is 0 Å². The van der Waals surface area contributed by atoms with Crippen LogP contribution in [0.5, 0.6) is 0 Å². The molecule has 0 spiro atoms. The van der Waals surface area contributed by atoms with Gasteiger partial charge in [0.25, 0.3) is 0 Å². The molecule has 0 saturated carbocycles. The maximum absolute atomic E-state index is 8.71. The number of nitrogens with one attached hydrogen (secondary N) is 1. The normalized spacial score (nSPS) is 10.6. The zero-order valence-corrected chi connectivity index (χ0v) is 9.18. The fraction of sp³-hybridized carbons (Fsp3) is 0.0833. The average Bonchev–Trinajstić information content (AvgIpc) is 2.96. The Labute approximate surface area is 97.4 Å². The van der Waals surface area contributed by atoms with E-state index in [9.17, 15) is 0 Å². The van der Waals surface area contributed by atoms with E-state index in [1.807, 2.05) is 35.9 Å². The molecular formula is C12H9N5. The van der Waals surface area contributed by atoms with Gasteiger partial charge in [-0.05, 0) is 12.1 Å². The van der Waals surface area contributed by atoms with Gasteiger partial charge in [-0.3, -0.25) is 0 Å². The molecule has 0 aliphatic rings. The van der Waals surface area contributed by atoms with Crippen LogP contribution < -0.4 is 0 Å². The second-order valence-corrected chi connectivity index (χ2v) is 3.82. The molecule has 0 unspecified atom stereocenters. The van der Waals surface area contributed by atoms with Crippen molar-refractivity contribution in [3.63, 3.8) is 0 Å². The first-order chi connectivity index (χ1) is 8.28. The highest BCUT2D eigenvalue weighted by molar-refractivity contribution is 5.81. The van der Waals surface area contributed by atoms with Gasteiger partial charge in [0.05, 0.1) is 29.3 Å². The number of aromatic nitrogens is 4. The largest absolute Gasteiger partial charge is 0.334 e. The van der Waals surface area contributed by atoms with Crippen molar-refractivity contribution in [2.24, 2.45) is 7.05 Å². The monoisotopic (exact) mass is 223 g/mol. The third-order valence-corrected chi connectivity index (χ3v) is 2.72. The lowest BCUT2D eigenvalue weighted by molar-refractivity contribution is 0.948. The van der Waals surface area contributed by atoms with Crippen LogP contribution in [0.25, 0.3) is 22.3 Å². The molecule has 5 nitrogen and oxygen atoms in total. The summed E-state index contributed by atoms with van der Waals surface area (Å²) in [4.78, 5) is 11.2. The average molecular weight is 223 g/mol. The van der Waals surface area contributed by atoms with Gasteiger partial charge in [-0.2, -0.15) is 5.26 Å². The van der Waals surface area contributed by atoms with Crippen LogP contribution in [-0.4, -0.2) is 19.5 Å². The van der Waals surface area contributed by atoms with Crippen LogP contribution in [0.2, 0.25) is 0 Å². The lowest BCUT2D eigenvalue weighted by atomic mass is 10.1. The molecule has 0 fully saturated rings. The Kier molecular flexibility index (Phi) is 1.95. The number of aromatic amines is 1. The summed E-state index contributed by atoms with van der Waals surface area (Å²) in [6, 6.07) is 7.94. The number of rotatable bonds is 1. The van der Waals surface area contributed by atoms with Crippen molar-refractivity contribution in [2.75, 3.05) is 0 Å². The Balaban J connectivity index is 2.15. The summed E-state index contributed by atoms with van der Waals surface area (Å²) in [7, 11) is 1.96. The van der Waals surface area contributed by atoms with Crippen molar-refractivity contribution in [3.8, 4) is 17.3 Å². The predicted octanol–water partition coefficient (Wildman–Crippen LogP) is 1.84. The smallest absolute Gasteiger partial charge is 0.210 e. The quantitative estimate of drug-likeness (QED) is 0.684. The van der Waals surface area contributed by atoms with Crippen molar-refractivity contribution in [1.82, 2.24) is 19.5 Å². The van der Waals surface area contributed by atoms with Gasteiger partial charge in [-0.15, -0.1) is 0 Å². The summed E-state index contributed by atoms with van der Waals surface area (Å²) in [5.74, 6) is 0.320. The number of H-pyrrole nitrogens is 1. The first kappa shape index (κ1) is 9.60. The van der Waals surface area contributed by atoms with Gasteiger partial charge < -0.3 is 9.55 Å². The number of fused-ring (bicyclic) bond motifs is 1. The molecular weight excluding hydrogens is 214 g/mol. The van der Waals surface area contributed by atoms with Crippen molar-refractivity contribution in [3.05, 3.63) is 36.5 Å². The molecule has 3 rings (SSSR count). The Bertz CT molecular complexity index is 729. The van der Waals surface area contributed by atoms with E-state index >= 15 is 0 Å². The molecule has 2 heterocycles. The zero-order chi connectivity index (χ0) is 11.8. The van der Waals surface area contributed by atoms with Crippen LogP contribution in [0.3, 0.4) is 0 Å². The summed E-state index contributed by atoms with van der Waals surface area (Å²) in [5.41, 5.74) is 3.81. The summed E-state index contributed by atoms with van der Waals surface area (Å²) in [5, 5.41) is 8.71. The third-order valence-electron chi connectivity index (χ3n) is 2.72. The highest BCUT2D eigenvalue weighted by Gasteiger charge is 2.05. The van der Waals surface area contributed by atoms with Crippen molar-refractivity contribution in [1.29, 1.82) is 5.26 Å². The van der Waals surface area contributed by atoms with E-state index in [0.717, 1.165) is 22.3 Å². The molecule has 82 valence electrons. The first-order valence-corrected chi connectivity index (χ1v) is 5.14. The number of hydrogen-bond donors (Lipinski definition) is 1. The minimum absolute atomic E-state index is 0.320. The van der Waals surface area contributed by atoms with Crippen LogP contribution >= 0.6 is 0 Å². The maximum atomic E-state index is 8.71. The fourth-order valence-corrected chi connectivity index (χ4v) is 1.83. The molecule has 5 heteroatoms. The highest BCUT2D eigenvalue weighted by atomic mass is 15.0. The number of imidazole rings is 2. The van der Waals surface area contributed by atoms with Gasteiger partial charge in [-0.1, -0.05) is 6.07 Å². The first-order valence-electron chi connectivity index (χ1n) is 5.14. The predicted molar refractivity (Wildman–Crippen MR) is 63.0 cm³/mol. The molecule has 0 aliphatic heterocycles. The number of hydrogen-bond acceptors (Lipinski definition) is 3. The second-order valence-electron chi connectivity index (χ2n) is 3.82. The van der Waals surface area contributed by atoms with E-state index in [2.05, 4.69) is 15.0 Å². The number of nitriles is 1. The molecule has 0 aliphatic carbocycles. The lowest BCUT2D eigenvalue weighted by Crippen LogP contribution is -1.84. The van der Waals surface area contributed by atoms with Crippen LogP contribution in [0.15, 0.2) is 30.7 Å². The van der Waals surface area contributed by atoms with Crippen molar-refractivity contribution in [2.45, 2.75) is 0 Å². The van der Waals surface area contributed by atoms with Gasteiger partial charge in [0, 0.05) is 12.6 Å². The number of aryl methyl sites for hydroxylation is 1. The van der Waals surface area contributed by atoms with E-state index in [4.69, 9.17) is 5.26 Å². The Morgan fingerprint density at radius 3 is 3.00 bits per heavy atom. The maximum Gasteiger partial charge on any atom is 0.210 e. The molecule has 1 aromatic carbocycles. The van der Waals surface area contributed by atoms with Gasteiger partial charge in [0.2, 0.25) is 5.82 Å². The van der Waals surface area contributed by atoms with Crippen LogP contribution in [0, 0.1) is 11.3 Å². The number of benzene rings is 1. The van der Waals surface area contributed by atoms with Crippen LogP contribution in [-0.2, 0) is 7.05 Å². The molecule has 0 atom stereocenters. The fourth-order valence-electron chi connectivity index (χ4n) is 1.83. The summed E-state index contributed by atoms with van der Waals surface area (Å²) >= 11 is 0. The minimum Gasteiger partial charge on any atom is -0.334 e. The standard InChI is InChI=1S/C12H9N5/c1-17-7-15-9-4-8(2-3-11(9)17)10-6-14-12(5-13)16-10/h2-4,6-7H,1H3,(H,14,16). The Hall–Kier alpha value is -2.61. The van der Waals surface area contributed by atoms with Crippen molar-refractivity contribution < 1.29 is 0 Å². The highest BCUT2D eigenvalue weighted by Crippen LogP contribution is 2.21.